The van der Waals surface area contributed by atoms with Crippen molar-refractivity contribution in [2.75, 3.05) is 10.6 Å². The van der Waals surface area contributed by atoms with Crippen LogP contribution in [0.25, 0.3) is 0 Å². The van der Waals surface area contributed by atoms with E-state index in [9.17, 15) is 0 Å². The van der Waals surface area contributed by atoms with Gasteiger partial charge in [-0.1, -0.05) is 46.9 Å². The fourth-order valence-corrected chi connectivity index (χ4v) is 3.08. The smallest absolute Gasteiger partial charge is 0.176 e. The minimum absolute atomic E-state index is 0.386. The lowest BCUT2D eigenvalue weighted by atomic mass is 10.2. The van der Waals surface area contributed by atoms with Crippen LogP contribution in [0.15, 0.2) is 54.7 Å². The number of halogens is 3. The highest BCUT2D eigenvalue weighted by atomic mass is 35.5. The Morgan fingerprint density at radius 3 is 2.56 bits per heavy atom. The third-order valence-electron chi connectivity index (χ3n) is 3.30. The van der Waals surface area contributed by atoms with Gasteiger partial charge in [0, 0.05) is 22.3 Å². The Balaban J connectivity index is 1.61. The van der Waals surface area contributed by atoms with E-state index in [0.717, 1.165) is 5.56 Å². The molecule has 3 rings (SSSR count). The van der Waals surface area contributed by atoms with Gasteiger partial charge in [-0.15, -0.1) is 0 Å². The molecule has 0 aliphatic carbocycles. The van der Waals surface area contributed by atoms with Crippen LogP contribution in [0.3, 0.4) is 0 Å². The van der Waals surface area contributed by atoms with Gasteiger partial charge in [0.05, 0.1) is 17.3 Å². The van der Waals surface area contributed by atoms with Crippen LogP contribution in [0.5, 0.6) is 0 Å². The highest BCUT2D eigenvalue weighted by Gasteiger charge is 2.06. The number of thiocarbonyl (C=S) groups is 1. The van der Waals surface area contributed by atoms with Crippen molar-refractivity contribution in [1.29, 1.82) is 0 Å². The molecular weight excluding hydrogens is 399 g/mol. The molecule has 0 bridgehead atoms. The summed E-state index contributed by atoms with van der Waals surface area (Å²) in [6.07, 6.45) is 1.86. The van der Waals surface area contributed by atoms with Gasteiger partial charge in [-0.25, -0.2) is 0 Å². The number of nitrogens with zero attached hydrogens (tertiary/aromatic N) is 2. The molecule has 0 aliphatic rings. The molecule has 0 atom stereocenters. The average molecular weight is 412 g/mol. The summed E-state index contributed by atoms with van der Waals surface area (Å²) in [6.45, 7) is 0.617. The van der Waals surface area contributed by atoms with E-state index in [2.05, 4.69) is 15.7 Å². The molecule has 0 fully saturated rings. The van der Waals surface area contributed by atoms with Gasteiger partial charge < -0.3 is 10.6 Å². The van der Waals surface area contributed by atoms with Crippen molar-refractivity contribution in [3.8, 4) is 0 Å². The molecule has 0 amide bonds. The molecule has 0 spiro atoms. The molecule has 0 saturated carbocycles. The Hall–Kier alpha value is -1.79. The van der Waals surface area contributed by atoms with E-state index in [0.29, 0.717) is 38.2 Å². The molecule has 1 aromatic heterocycles. The van der Waals surface area contributed by atoms with E-state index >= 15 is 0 Å². The number of hydrogen-bond donors (Lipinski definition) is 2. The first-order valence-electron chi connectivity index (χ1n) is 7.30. The summed E-state index contributed by atoms with van der Waals surface area (Å²) in [7, 11) is 0. The predicted octanol–water partition coefficient (Wildman–Crippen LogP) is 5.70. The predicted molar refractivity (Wildman–Crippen MR) is 109 cm³/mol. The van der Waals surface area contributed by atoms with Gasteiger partial charge in [-0.2, -0.15) is 5.10 Å². The second kappa shape index (κ2) is 8.06. The van der Waals surface area contributed by atoms with Crippen molar-refractivity contribution in [3.63, 3.8) is 0 Å². The molecule has 8 heteroatoms. The van der Waals surface area contributed by atoms with Gasteiger partial charge in [-0.3, -0.25) is 4.68 Å². The summed E-state index contributed by atoms with van der Waals surface area (Å²) < 4.78 is 1.80. The Morgan fingerprint density at radius 1 is 1.00 bits per heavy atom. The summed E-state index contributed by atoms with van der Waals surface area (Å²) in [5, 5.41) is 12.6. The van der Waals surface area contributed by atoms with E-state index < -0.39 is 0 Å². The van der Waals surface area contributed by atoms with Crippen molar-refractivity contribution in [2.45, 2.75) is 6.54 Å². The number of hydrogen-bond acceptors (Lipinski definition) is 2. The lowest BCUT2D eigenvalue weighted by Gasteiger charge is -2.10. The molecule has 0 radical (unpaired) electrons. The maximum Gasteiger partial charge on any atom is 0.176 e. The van der Waals surface area contributed by atoms with E-state index in [-0.39, 0.29) is 0 Å². The first kappa shape index (κ1) is 18.0. The number of rotatable bonds is 4. The highest BCUT2D eigenvalue weighted by Crippen LogP contribution is 2.25. The normalized spacial score (nSPS) is 10.5. The Morgan fingerprint density at radius 2 is 1.80 bits per heavy atom. The fourth-order valence-electron chi connectivity index (χ4n) is 2.20. The van der Waals surface area contributed by atoms with Crippen molar-refractivity contribution < 1.29 is 0 Å². The van der Waals surface area contributed by atoms with Crippen LogP contribution in [0.1, 0.15) is 5.56 Å². The van der Waals surface area contributed by atoms with Crippen LogP contribution in [0.4, 0.5) is 11.5 Å². The van der Waals surface area contributed by atoms with Crippen LogP contribution in [0.2, 0.25) is 15.1 Å². The van der Waals surface area contributed by atoms with Crippen LogP contribution in [-0.2, 0) is 6.54 Å². The zero-order chi connectivity index (χ0) is 17.8. The van der Waals surface area contributed by atoms with Crippen molar-refractivity contribution in [2.24, 2.45) is 0 Å². The summed E-state index contributed by atoms with van der Waals surface area (Å²) in [6, 6.07) is 14.6. The molecule has 1 heterocycles. The molecule has 2 aromatic carbocycles. The quantitative estimate of drug-likeness (QED) is 0.540. The molecule has 0 aliphatic heterocycles. The summed E-state index contributed by atoms with van der Waals surface area (Å²) in [4.78, 5) is 0. The second-order valence-corrected chi connectivity index (χ2v) is 6.92. The van der Waals surface area contributed by atoms with E-state index in [4.69, 9.17) is 47.0 Å². The van der Waals surface area contributed by atoms with Gasteiger partial charge >= 0.3 is 0 Å². The monoisotopic (exact) mass is 410 g/mol. The minimum Gasteiger partial charge on any atom is -0.331 e. The first-order chi connectivity index (χ1) is 12.0. The Labute approximate surface area is 165 Å². The first-order valence-corrected chi connectivity index (χ1v) is 8.85. The minimum atomic E-state index is 0.386. The highest BCUT2D eigenvalue weighted by molar-refractivity contribution is 7.80. The zero-order valence-corrected chi connectivity index (χ0v) is 15.9. The van der Waals surface area contributed by atoms with Crippen molar-refractivity contribution in [3.05, 3.63) is 75.4 Å². The fraction of sp³-hybridized carbons (Fsp3) is 0.0588. The third kappa shape index (κ3) is 5.09. The Bertz CT molecular complexity index is 910. The largest absolute Gasteiger partial charge is 0.331 e. The van der Waals surface area contributed by atoms with Gasteiger partial charge in [0.1, 0.15) is 0 Å². The number of aromatic nitrogens is 2. The van der Waals surface area contributed by atoms with Gasteiger partial charge in [0.2, 0.25) is 0 Å². The zero-order valence-electron chi connectivity index (χ0n) is 12.8. The van der Waals surface area contributed by atoms with Gasteiger partial charge in [0.25, 0.3) is 0 Å². The maximum absolute atomic E-state index is 6.12. The lowest BCUT2D eigenvalue weighted by Crippen LogP contribution is -2.19. The summed E-state index contributed by atoms with van der Waals surface area (Å²) in [5.41, 5.74) is 1.73. The number of anilines is 2. The molecule has 4 nitrogen and oxygen atoms in total. The SMILES string of the molecule is S=C(Nc1ccn(Cc2cccc(Cl)c2)n1)Nc1ccc(Cl)cc1Cl. The van der Waals surface area contributed by atoms with Gasteiger partial charge in [0.15, 0.2) is 10.9 Å². The molecule has 128 valence electrons. The number of nitrogens with one attached hydrogen (secondary N) is 2. The van der Waals surface area contributed by atoms with E-state index in [1.165, 1.54) is 0 Å². The molecular formula is C17H13Cl3N4S. The maximum atomic E-state index is 6.12. The van der Waals surface area contributed by atoms with Crippen LogP contribution in [0, 0.1) is 0 Å². The van der Waals surface area contributed by atoms with Crippen LogP contribution in [-0.4, -0.2) is 14.9 Å². The van der Waals surface area contributed by atoms with Crippen molar-refractivity contribution in [1.82, 2.24) is 9.78 Å². The van der Waals surface area contributed by atoms with Crippen LogP contribution < -0.4 is 10.6 Å². The summed E-state index contributed by atoms with van der Waals surface area (Å²) >= 11 is 23.3. The third-order valence-corrected chi connectivity index (χ3v) is 4.28. The topological polar surface area (TPSA) is 41.9 Å². The summed E-state index contributed by atoms with van der Waals surface area (Å²) in [5.74, 6) is 0.629. The molecule has 2 N–H and O–H groups in total. The molecule has 0 unspecified atom stereocenters. The lowest BCUT2D eigenvalue weighted by molar-refractivity contribution is 0.690. The van der Waals surface area contributed by atoms with Crippen LogP contribution >= 0.6 is 47.0 Å². The van der Waals surface area contributed by atoms with Crippen molar-refractivity contribution >= 4 is 63.6 Å². The Kier molecular flexibility index (Phi) is 5.81. The molecule has 3 aromatic rings. The van der Waals surface area contributed by atoms with Gasteiger partial charge in [-0.05, 0) is 48.1 Å². The van der Waals surface area contributed by atoms with E-state index in [1.807, 2.05) is 36.5 Å². The van der Waals surface area contributed by atoms with E-state index in [1.54, 1.807) is 22.9 Å². The molecule has 0 saturated heterocycles. The average Bonchev–Trinajstić information content (AvgIpc) is 2.97. The standard InChI is InChI=1S/C17H13Cl3N4S/c18-12-3-1-2-11(8-12)10-24-7-6-16(23-24)22-17(25)21-15-5-4-13(19)9-14(15)20/h1-9H,10H2,(H2,21,22,23,25). The second-order valence-electron chi connectivity index (χ2n) is 5.23. The molecule has 25 heavy (non-hydrogen) atoms. The number of benzene rings is 2.